The van der Waals surface area contributed by atoms with E-state index in [9.17, 15) is 14.4 Å². The molecular formula is C18H29N3O5. The molecule has 1 heterocycles. The summed E-state index contributed by atoms with van der Waals surface area (Å²) in [4.78, 5) is 34.9. The highest BCUT2D eigenvalue weighted by Gasteiger charge is 2.30. The van der Waals surface area contributed by atoms with Gasteiger partial charge in [0.25, 0.3) is 5.91 Å². The highest BCUT2D eigenvalue weighted by molar-refractivity contribution is 6.01. The number of amides is 2. The average molecular weight is 368 g/mol. The summed E-state index contributed by atoms with van der Waals surface area (Å²) in [7, 11) is 1.15. The summed E-state index contributed by atoms with van der Waals surface area (Å²) in [6.45, 7) is 13.8. The molecule has 0 aliphatic carbocycles. The van der Waals surface area contributed by atoms with Gasteiger partial charge >= 0.3 is 12.1 Å². The average Bonchev–Trinajstić information content (AvgIpc) is 2.58. The number of hydrogen-bond donors (Lipinski definition) is 3. The standard InChI is InChI=1S/C18H29N3O5/c1-11(15(22)20-12(2)16(23)25-6)21-17(24)26-10-13-7-8-19-14(9-13)18(3,4)5/h13-14,19H,1-2,7-10H2,3-6H3,(H,20,22)(H,21,24)/i/hD. The Bertz CT molecular complexity index is 615. The molecule has 8 heteroatoms. The number of carbonyl (C=O) groups excluding carboxylic acids is 3. The Labute approximate surface area is 155 Å². The van der Waals surface area contributed by atoms with Crippen molar-refractivity contribution in [1.29, 1.82) is 0 Å². The predicted molar refractivity (Wildman–Crippen MR) is 96.9 cm³/mol. The predicted octanol–water partition coefficient (Wildman–Crippen LogP) is 1.44. The lowest BCUT2D eigenvalue weighted by Crippen LogP contribution is -2.47. The van der Waals surface area contributed by atoms with E-state index < -0.39 is 18.0 Å². The minimum Gasteiger partial charge on any atom is -0.464 e. The molecule has 1 fully saturated rings. The van der Waals surface area contributed by atoms with Gasteiger partial charge in [0.1, 0.15) is 12.8 Å². The summed E-state index contributed by atoms with van der Waals surface area (Å²) < 4.78 is 17.6. The number of hydrogen-bond acceptors (Lipinski definition) is 6. The van der Waals surface area contributed by atoms with Crippen LogP contribution in [-0.4, -0.2) is 44.3 Å². The van der Waals surface area contributed by atoms with Gasteiger partial charge in [-0.05, 0) is 30.7 Å². The first kappa shape index (κ1) is 20.0. The summed E-state index contributed by atoms with van der Waals surface area (Å²) in [6.07, 6.45) is 0.698. The molecule has 3 N–H and O–H groups in total. The third kappa shape index (κ3) is 6.87. The molecule has 0 aromatic heterocycles. The van der Waals surface area contributed by atoms with E-state index in [1.165, 1.54) is 0 Å². The van der Waals surface area contributed by atoms with Gasteiger partial charge in [-0.3, -0.25) is 10.1 Å². The second-order valence-corrected chi connectivity index (χ2v) is 7.30. The van der Waals surface area contributed by atoms with Crippen LogP contribution in [0.3, 0.4) is 0 Å². The van der Waals surface area contributed by atoms with Crippen molar-refractivity contribution < 1.29 is 25.3 Å². The Hall–Kier alpha value is -2.35. The molecule has 0 radical (unpaired) electrons. The Morgan fingerprint density at radius 2 is 1.88 bits per heavy atom. The monoisotopic (exact) mass is 368 g/mol. The van der Waals surface area contributed by atoms with Crippen LogP contribution < -0.4 is 15.9 Å². The molecule has 0 aromatic rings. The lowest BCUT2D eigenvalue weighted by molar-refractivity contribution is -0.137. The van der Waals surface area contributed by atoms with Crippen molar-refractivity contribution in [2.24, 2.45) is 11.3 Å². The molecule has 2 amide bonds. The Balaban J connectivity index is 2.44. The van der Waals surface area contributed by atoms with Crippen LogP contribution >= 0.6 is 0 Å². The van der Waals surface area contributed by atoms with Crippen LogP contribution in [0, 0.1) is 11.3 Å². The normalized spacial score (nSPS) is 21.2. The van der Waals surface area contributed by atoms with Crippen LogP contribution in [0.4, 0.5) is 4.79 Å². The van der Waals surface area contributed by atoms with Crippen LogP contribution in [-0.2, 0) is 19.1 Å². The van der Waals surface area contributed by atoms with Crippen molar-refractivity contribution in [3.8, 4) is 0 Å². The number of esters is 1. The smallest absolute Gasteiger partial charge is 0.411 e. The van der Waals surface area contributed by atoms with Crippen LogP contribution in [0.1, 0.15) is 33.6 Å². The minimum absolute atomic E-state index is 0.0446. The van der Waals surface area contributed by atoms with Crippen molar-refractivity contribution in [3.05, 3.63) is 24.6 Å². The zero-order valence-electron chi connectivity index (χ0n) is 16.9. The molecule has 8 nitrogen and oxygen atoms in total. The van der Waals surface area contributed by atoms with Crippen LogP contribution in [0.25, 0.3) is 0 Å². The maximum absolute atomic E-state index is 11.9. The van der Waals surface area contributed by atoms with Gasteiger partial charge < -0.3 is 20.1 Å². The molecule has 0 spiro atoms. The fraction of sp³-hybridized carbons (Fsp3) is 0.611. The van der Waals surface area contributed by atoms with E-state index in [1.54, 1.807) is 5.31 Å². The second kappa shape index (κ2) is 9.38. The topological polar surface area (TPSA) is 106 Å². The first-order valence-electron chi connectivity index (χ1n) is 8.87. The highest BCUT2D eigenvalue weighted by atomic mass is 16.5. The van der Waals surface area contributed by atoms with Gasteiger partial charge in [0, 0.05) is 6.04 Å². The van der Waals surface area contributed by atoms with Gasteiger partial charge in [0.05, 0.1) is 13.7 Å². The van der Waals surface area contributed by atoms with E-state index >= 15 is 0 Å². The van der Waals surface area contributed by atoms with Gasteiger partial charge in [0.15, 0.2) is 0 Å². The van der Waals surface area contributed by atoms with Crippen LogP contribution in [0.2, 0.25) is 1.41 Å². The van der Waals surface area contributed by atoms with E-state index in [-0.39, 0.29) is 35.4 Å². The number of nitrogens with one attached hydrogen (secondary N) is 3. The summed E-state index contributed by atoms with van der Waals surface area (Å²) in [6, 6.07) is 0.0768. The molecule has 1 aliphatic rings. The van der Waals surface area contributed by atoms with Crippen LogP contribution in [0.5, 0.6) is 0 Å². The lowest BCUT2D eigenvalue weighted by Gasteiger charge is -2.38. The Morgan fingerprint density at radius 1 is 1.23 bits per heavy atom. The van der Waals surface area contributed by atoms with Gasteiger partial charge in [-0.2, -0.15) is 0 Å². The molecule has 146 valence electrons. The summed E-state index contributed by atoms with van der Waals surface area (Å²) >= 11 is 0. The maximum atomic E-state index is 11.9. The molecular weight excluding hydrogens is 338 g/mol. The van der Waals surface area contributed by atoms with Crippen molar-refractivity contribution in [1.82, 2.24) is 15.9 Å². The third-order valence-corrected chi connectivity index (χ3v) is 4.12. The molecule has 1 aliphatic heterocycles. The molecule has 0 saturated carbocycles. The Kier molecular flexibility index (Phi) is 7.20. The van der Waals surface area contributed by atoms with Gasteiger partial charge in [-0.1, -0.05) is 33.9 Å². The zero-order valence-corrected chi connectivity index (χ0v) is 15.9. The second-order valence-electron chi connectivity index (χ2n) is 7.30. The lowest BCUT2D eigenvalue weighted by atomic mass is 9.78. The summed E-state index contributed by atoms with van der Waals surface area (Å²) in [5.74, 6) is -1.45. The fourth-order valence-electron chi connectivity index (χ4n) is 2.50. The van der Waals surface area contributed by atoms with E-state index in [0.717, 1.165) is 20.0 Å². The van der Waals surface area contributed by atoms with Crippen molar-refractivity contribution in [2.75, 3.05) is 20.3 Å². The van der Waals surface area contributed by atoms with Gasteiger partial charge in [0.2, 0.25) is 0 Å². The molecule has 1 rings (SSSR count). The van der Waals surface area contributed by atoms with Crippen molar-refractivity contribution in [3.63, 3.8) is 0 Å². The van der Waals surface area contributed by atoms with E-state index in [1.807, 2.05) is 0 Å². The SMILES string of the molecule is [2H]N1CCC(COC(=O)NC(=C)C(=O)NC(=C)C(=O)OC)CC1C(C)(C)C. The zero-order chi connectivity index (χ0) is 20.8. The largest absolute Gasteiger partial charge is 0.464 e. The Morgan fingerprint density at radius 3 is 2.46 bits per heavy atom. The number of alkyl carbamates (subject to hydrolysis) is 1. The quantitative estimate of drug-likeness (QED) is 0.484. The summed E-state index contributed by atoms with van der Waals surface area (Å²) in [5.41, 5.74) is -0.593. The molecule has 0 aromatic carbocycles. The number of ether oxygens (including phenoxy) is 2. The summed E-state index contributed by atoms with van der Waals surface area (Å²) in [5, 5.41) is 5.98. The number of piperidine rings is 1. The number of rotatable bonds is 6. The van der Waals surface area contributed by atoms with Crippen molar-refractivity contribution in [2.45, 2.75) is 39.7 Å². The van der Waals surface area contributed by atoms with Gasteiger partial charge in [-0.15, -0.1) is 0 Å². The van der Waals surface area contributed by atoms with E-state index in [0.29, 0.717) is 6.54 Å². The molecule has 2 unspecified atom stereocenters. The minimum atomic E-state index is -0.806. The highest BCUT2D eigenvalue weighted by Crippen LogP contribution is 2.28. The van der Waals surface area contributed by atoms with Crippen molar-refractivity contribution >= 4 is 18.0 Å². The fourth-order valence-corrected chi connectivity index (χ4v) is 2.50. The molecule has 2 atom stereocenters. The maximum Gasteiger partial charge on any atom is 0.411 e. The molecule has 0 bridgehead atoms. The third-order valence-electron chi connectivity index (χ3n) is 4.12. The van der Waals surface area contributed by atoms with E-state index in [4.69, 9.17) is 6.15 Å². The molecule has 26 heavy (non-hydrogen) atoms. The first-order chi connectivity index (χ1) is 12.5. The molecule has 1 saturated heterocycles. The van der Waals surface area contributed by atoms with Crippen LogP contribution in [0.15, 0.2) is 24.6 Å². The van der Waals surface area contributed by atoms with E-state index in [2.05, 4.69) is 49.3 Å². The first-order valence-corrected chi connectivity index (χ1v) is 8.42. The number of carbonyl (C=O) groups is 3. The van der Waals surface area contributed by atoms with Gasteiger partial charge in [-0.25, -0.2) is 9.59 Å². The number of methoxy groups -OCH3 is 1.